The van der Waals surface area contributed by atoms with Crippen LogP contribution in [-0.4, -0.2) is 31.1 Å². The van der Waals surface area contributed by atoms with E-state index in [0.29, 0.717) is 6.54 Å². The van der Waals surface area contributed by atoms with Crippen LogP contribution in [0.1, 0.15) is 32.3 Å². The standard InChI is InChI=1S/C15H26N2O/c1-3-9-17(4-2)10-6-11-18-15-8-5-7-14(12-15)13-16/h5,7-8,12H,3-4,6,9-11,13,16H2,1-2H3. The van der Waals surface area contributed by atoms with Gasteiger partial charge in [0.2, 0.25) is 0 Å². The van der Waals surface area contributed by atoms with Crippen molar-refractivity contribution in [2.45, 2.75) is 33.2 Å². The van der Waals surface area contributed by atoms with Crippen molar-refractivity contribution in [3.8, 4) is 5.75 Å². The van der Waals surface area contributed by atoms with Crippen molar-refractivity contribution >= 4 is 0 Å². The van der Waals surface area contributed by atoms with Gasteiger partial charge < -0.3 is 15.4 Å². The van der Waals surface area contributed by atoms with Crippen LogP contribution >= 0.6 is 0 Å². The highest BCUT2D eigenvalue weighted by atomic mass is 16.5. The molecule has 0 saturated heterocycles. The third kappa shape index (κ3) is 5.52. The summed E-state index contributed by atoms with van der Waals surface area (Å²) in [6, 6.07) is 8.02. The van der Waals surface area contributed by atoms with Crippen molar-refractivity contribution in [1.29, 1.82) is 0 Å². The molecule has 0 radical (unpaired) electrons. The second-order valence-corrected chi connectivity index (χ2v) is 4.49. The smallest absolute Gasteiger partial charge is 0.119 e. The number of nitrogens with zero attached hydrogens (tertiary/aromatic N) is 1. The van der Waals surface area contributed by atoms with Crippen molar-refractivity contribution in [1.82, 2.24) is 4.90 Å². The molecule has 18 heavy (non-hydrogen) atoms. The molecule has 3 nitrogen and oxygen atoms in total. The number of nitrogens with two attached hydrogens (primary N) is 1. The van der Waals surface area contributed by atoms with Crippen LogP contribution in [0, 0.1) is 0 Å². The van der Waals surface area contributed by atoms with Gasteiger partial charge >= 0.3 is 0 Å². The van der Waals surface area contributed by atoms with Gasteiger partial charge in [0.25, 0.3) is 0 Å². The number of benzene rings is 1. The lowest BCUT2D eigenvalue weighted by Gasteiger charge is -2.19. The minimum Gasteiger partial charge on any atom is -0.494 e. The fourth-order valence-corrected chi connectivity index (χ4v) is 1.98. The van der Waals surface area contributed by atoms with Crippen LogP contribution in [0.5, 0.6) is 5.75 Å². The Labute approximate surface area is 111 Å². The van der Waals surface area contributed by atoms with Crippen molar-refractivity contribution in [3.63, 3.8) is 0 Å². The monoisotopic (exact) mass is 250 g/mol. The first-order chi connectivity index (χ1) is 8.80. The van der Waals surface area contributed by atoms with E-state index in [-0.39, 0.29) is 0 Å². The first-order valence-electron chi connectivity index (χ1n) is 6.94. The molecule has 1 aromatic carbocycles. The normalized spacial score (nSPS) is 10.9. The molecule has 0 unspecified atom stereocenters. The lowest BCUT2D eigenvalue weighted by molar-refractivity contribution is 0.242. The van der Waals surface area contributed by atoms with Crippen molar-refractivity contribution in [3.05, 3.63) is 29.8 Å². The maximum atomic E-state index is 5.74. The van der Waals surface area contributed by atoms with E-state index in [0.717, 1.165) is 37.4 Å². The first kappa shape index (κ1) is 15.0. The van der Waals surface area contributed by atoms with Gasteiger partial charge in [-0.05, 0) is 43.6 Å². The second kappa shape index (κ2) is 8.95. The Hall–Kier alpha value is -1.06. The largest absolute Gasteiger partial charge is 0.494 e. The van der Waals surface area contributed by atoms with Gasteiger partial charge in [-0.25, -0.2) is 0 Å². The number of rotatable bonds is 9. The van der Waals surface area contributed by atoms with Gasteiger partial charge in [-0.2, -0.15) is 0 Å². The zero-order valence-electron chi connectivity index (χ0n) is 11.7. The Morgan fingerprint density at radius 3 is 2.72 bits per heavy atom. The molecule has 0 atom stereocenters. The SMILES string of the molecule is CCCN(CC)CCCOc1cccc(CN)c1. The molecule has 0 aliphatic carbocycles. The van der Waals surface area contributed by atoms with E-state index in [1.807, 2.05) is 24.3 Å². The molecule has 0 aliphatic rings. The van der Waals surface area contributed by atoms with Crippen LogP contribution in [0.15, 0.2) is 24.3 Å². The van der Waals surface area contributed by atoms with E-state index in [1.165, 1.54) is 13.0 Å². The predicted octanol–water partition coefficient (Wildman–Crippen LogP) is 2.65. The number of ether oxygens (including phenoxy) is 1. The predicted molar refractivity (Wildman–Crippen MR) is 76.9 cm³/mol. The zero-order chi connectivity index (χ0) is 13.2. The second-order valence-electron chi connectivity index (χ2n) is 4.49. The van der Waals surface area contributed by atoms with Crippen LogP contribution in [0.2, 0.25) is 0 Å². The molecule has 2 N–H and O–H groups in total. The molecule has 1 aromatic rings. The quantitative estimate of drug-likeness (QED) is 0.685. The molecular weight excluding hydrogens is 224 g/mol. The van der Waals surface area contributed by atoms with E-state index in [9.17, 15) is 0 Å². The Bertz CT molecular complexity index is 328. The van der Waals surface area contributed by atoms with Gasteiger partial charge in [0.1, 0.15) is 5.75 Å². The average molecular weight is 250 g/mol. The van der Waals surface area contributed by atoms with Gasteiger partial charge in [0.15, 0.2) is 0 Å². The summed E-state index contributed by atoms with van der Waals surface area (Å²) in [5.41, 5.74) is 6.72. The Kier molecular flexibility index (Phi) is 7.46. The van der Waals surface area contributed by atoms with Crippen molar-refractivity contribution < 1.29 is 4.74 Å². The summed E-state index contributed by atoms with van der Waals surface area (Å²) < 4.78 is 5.74. The summed E-state index contributed by atoms with van der Waals surface area (Å²) in [5.74, 6) is 0.927. The highest BCUT2D eigenvalue weighted by Crippen LogP contribution is 2.13. The number of hydrogen-bond donors (Lipinski definition) is 1. The molecule has 0 amide bonds. The fourth-order valence-electron chi connectivity index (χ4n) is 1.98. The minimum atomic E-state index is 0.567. The van der Waals surface area contributed by atoms with Gasteiger partial charge in [0, 0.05) is 13.1 Å². The summed E-state index contributed by atoms with van der Waals surface area (Å²) in [4.78, 5) is 2.46. The van der Waals surface area contributed by atoms with Gasteiger partial charge in [-0.15, -0.1) is 0 Å². The zero-order valence-corrected chi connectivity index (χ0v) is 11.7. The Morgan fingerprint density at radius 1 is 1.22 bits per heavy atom. The maximum absolute atomic E-state index is 5.74. The molecule has 0 bridgehead atoms. The fraction of sp³-hybridized carbons (Fsp3) is 0.600. The van der Waals surface area contributed by atoms with E-state index in [2.05, 4.69) is 18.7 Å². The summed E-state index contributed by atoms with van der Waals surface area (Å²) in [6.45, 7) is 9.18. The van der Waals surface area contributed by atoms with E-state index < -0.39 is 0 Å². The molecule has 102 valence electrons. The van der Waals surface area contributed by atoms with Crippen LogP contribution in [0.4, 0.5) is 0 Å². The minimum absolute atomic E-state index is 0.567. The summed E-state index contributed by atoms with van der Waals surface area (Å²) in [7, 11) is 0. The summed E-state index contributed by atoms with van der Waals surface area (Å²) in [6.07, 6.45) is 2.29. The van der Waals surface area contributed by atoms with E-state index in [4.69, 9.17) is 10.5 Å². The summed E-state index contributed by atoms with van der Waals surface area (Å²) in [5, 5.41) is 0. The van der Waals surface area contributed by atoms with Crippen LogP contribution in [-0.2, 0) is 6.54 Å². The first-order valence-corrected chi connectivity index (χ1v) is 6.94. The molecule has 0 heterocycles. The van der Waals surface area contributed by atoms with Crippen molar-refractivity contribution in [2.75, 3.05) is 26.2 Å². The number of hydrogen-bond acceptors (Lipinski definition) is 3. The van der Waals surface area contributed by atoms with Crippen LogP contribution in [0.3, 0.4) is 0 Å². The summed E-state index contributed by atoms with van der Waals surface area (Å²) >= 11 is 0. The van der Waals surface area contributed by atoms with Gasteiger partial charge in [0.05, 0.1) is 6.61 Å². The van der Waals surface area contributed by atoms with E-state index in [1.54, 1.807) is 0 Å². The lowest BCUT2D eigenvalue weighted by atomic mass is 10.2. The lowest BCUT2D eigenvalue weighted by Crippen LogP contribution is -2.26. The average Bonchev–Trinajstić information content (AvgIpc) is 2.42. The van der Waals surface area contributed by atoms with Crippen LogP contribution in [0.25, 0.3) is 0 Å². The van der Waals surface area contributed by atoms with E-state index >= 15 is 0 Å². The third-order valence-corrected chi connectivity index (χ3v) is 3.01. The molecule has 0 aromatic heterocycles. The molecule has 3 heteroatoms. The van der Waals surface area contributed by atoms with Gasteiger partial charge in [-0.1, -0.05) is 26.0 Å². The molecular formula is C15H26N2O. The van der Waals surface area contributed by atoms with Gasteiger partial charge in [-0.3, -0.25) is 0 Å². The molecule has 0 saturated carbocycles. The topological polar surface area (TPSA) is 38.5 Å². The highest BCUT2D eigenvalue weighted by molar-refractivity contribution is 5.28. The Morgan fingerprint density at radius 2 is 2.06 bits per heavy atom. The molecule has 0 fully saturated rings. The maximum Gasteiger partial charge on any atom is 0.119 e. The Balaban J connectivity index is 2.24. The molecule has 0 aliphatic heterocycles. The van der Waals surface area contributed by atoms with Crippen molar-refractivity contribution in [2.24, 2.45) is 5.73 Å². The van der Waals surface area contributed by atoms with Crippen LogP contribution < -0.4 is 10.5 Å². The molecule has 1 rings (SSSR count). The third-order valence-electron chi connectivity index (χ3n) is 3.01. The molecule has 0 spiro atoms. The highest BCUT2D eigenvalue weighted by Gasteiger charge is 2.01.